The molecule has 1 aliphatic heterocycles. The van der Waals surface area contributed by atoms with Crippen molar-refractivity contribution in [2.75, 3.05) is 19.7 Å². The molecular weight excluding hydrogens is 330 g/mol. The van der Waals surface area contributed by atoms with E-state index in [4.69, 9.17) is 16.3 Å². The summed E-state index contributed by atoms with van der Waals surface area (Å²) in [6.07, 6.45) is 5.17. The number of ether oxygens (including phenoxy) is 1. The predicted molar refractivity (Wildman–Crippen MR) is 91.5 cm³/mol. The lowest BCUT2D eigenvalue weighted by atomic mass is 10.1. The van der Waals surface area contributed by atoms with Crippen molar-refractivity contribution in [1.29, 1.82) is 0 Å². The van der Waals surface area contributed by atoms with Crippen LogP contribution in [-0.4, -0.2) is 58.8 Å². The lowest BCUT2D eigenvalue weighted by molar-refractivity contribution is 0.0905. The zero-order valence-corrected chi connectivity index (χ0v) is 14.6. The van der Waals surface area contributed by atoms with Gasteiger partial charge in [-0.3, -0.25) is 9.69 Å². The highest BCUT2D eigenvalue weighted by atomic mass is 35.5. The first kappa shape index (κ1) is 17.5. The smallest absolute Gasteiger partial charge is 0.253 e. The molecule has 3 rings (SSSR count). The lowest BCUT2D eigenvalue weighted by Gasteiger charge is -2.29. The summed E-state index contributed by atoms with van der Waals surface area (Å²) in [6, 6.07) is 2.00. The number of pyridine rings is 1. The van der Waals surface area contributed by atoms with Crippen LogP contribution in [0.4, 0.5) is 0 Å². The highest BCUT2D eigenvalue weighted by molar-refractivity contribution is 6.32. The van der Waals surface area contributed by atoms with Crippen LogP contribution < -0.4 is 10.1 Å². The van der Waals surface area contributed by atoms with Crippen LogP contribution in [-0.2, 0) is 0 Å². The molecule has 24 heavy (non-hydrogen) atoms. The average molecular weight is 354 g/mol. The molecule has 2 N–H and O–H groups in total. The molecule has 1 aliphatic carbocycles. The number of aromatic nitrogens is 1. The second-order valence-electron chi connectivity index (χ2n) is 6.46. The fourth-order valence-electron chi connectivity index (χ4n) is 3.66. The largest absolute Gasteiger partial charge is 0.477 e. The lowest BCUT2D eigenvalue weighted by Crippen LogP contribution is -2.48. The molecule has 1 aromatic rings. The minimum absolute atomic E-state index is 0.105. The van der Waals surface area contributed by atoms with Crippen LogP contribution in [0, 0.1) is 0 Å². The first-order chi connectivity index (χ1) is 11.6. The van der Waals surface area contributed by atoms with Crippen LogP contribution in [0.25, 0.3) is 0 Å². The first-order valence-corrected chi connectivity index (χ1v) is 8.97. The maximum absolute atomic E-state index is 12.5. The highest BCUT2D eigenvalue weighted by Crippen LogP contribution is 2.28. The van der Waals surface area contributed by atoms with E-state index >= 15 is 0 Å². The number of nitrogens with one attached hydrogen (secondary N) is 1. The Labute approximate surface area is 147 Å². The molecule has 0 aromatic carbocycles. The van der Waals surface area contributed by atoms with E-state index in [0.29, 0.717) is 35.7 Å². The maximum atomic E-state index is 12.5. The molecule has 2 fully saturated rings. The average Bonchev–Trinajstić information content (AvgIpc) is 3.18. The number of carbonyl (C=O) groups excluding carboxylic acids is 1. The number of amides is 1. The van der Waals surface area contributed by atoms with Crippen LogP contribution in [0.2, 0.25) is 5.02 Å². The van der Waals surface area contributed by atoms with Gasteiger partial charge in [0.2, 0.25) is 5.88 Å². The molecule has 0 bridgehead atoms. The summed E-state index contributed by atoms with van der Waals surface area (Å²) < 4.78 is 5.29. The first-order valence-electron chi connectivity index (χ1n) is 8.59. The van der Waals surface area contributed by atoms with Gasteiger partial charge in [-0.25, -0.2) is 4.98 Å². The van der Waals surface area contributed by atoms with E-state index in [-0.39, 0.29) is 18.1 Å². The summed E-state index contributed by atoms with van der Waals surface area (Å²) in [5.74, 6) is 0.185. The molecule has 0 radical (unpaired) electrons. The van der Waals surface area contributed by atoms with Gasteiger partial charge >= 0.3 is 0 Å². The molecule has 1 aromatic heterocycles. The van der Waals surface area contributed by atoms with Crippen molar-refractivity contribution in [3.8, 4) is 5.88 Å². The Balaban J connectivity index is 1.64. The molecule has 6 nitrogen and oxygen atoms in total. The zero-order valence-electron chi connectivity index (χ0n) is 13.9. The number of likely N-dealkylation sites (tertiary alicyclic amines) is 1. The van der Waals surface area contributed by atoms with Crippen molar-refractivity contribution in [1.82, 2.24) is 15.2 Å². The Morgan fingerprint density at radius 1 is 1.50 bits per heavy atom. The van der Waals surface area contributed by atoms with Gasteiger partial charge in [-0.2, -0.15) is 0 Å². The van der Waals surface area contributed by atoms with Crippen LogP contribution in [0.3, 0.4) is 0 Å². The number of aliphatic hydroxyl groups excluding tert-OH is 1. The fraction of sp³-hybridized carbons (Fsp3) is 0.647. The van der Waals surface area contributed by atoms with Crippen molar-refractivity contribution in [2.24, 2.45) is 0 Å². The summed E-state index contributed by atoms with van der Waals surface area (Å²) in [5, 5.41) is 13.2. The van der Waals surface area contributed by atoms with E-state index in [1.54, 1.807) is 6.07 Å². The summed E-state index contributed by atoms with van der Waals surface area (Å²) in [4.78, 5) is 18.9. The summed E-state index contributed by atoms with van der Waals surface area (Å²) in [7, 11) is 0. The van der Waals surface area contributed by atoms with E-state index in [2.05, 4.69) is 15.2 Å². The van der Waals surface area contributed by atoms with Crippen molar-refractivity contribution in [2.45, 2.75) is 50.8 Å². The third-order valence-corrected chi connectivity index (χ3v) is 5.08. The van der Waals surface area contributed by atoms with Crippen LogP contribution >= 0.6 is 11.6 Å². The van der Waals surface area contributed by atoms with Gasteiger partial charge in [-0.15, -0.1) is 0 Å². The van der Waals surface area contributed by atoms with Crippen molar-refractivity contribution >= 4 is 17.5 Å². The minimum Gasteiger partial charge on any atom is -0.477 e. The molecular formula is C17H24ClN3O3. The second kappa shape index (κ2) is 7.68. The highest BCUT2D eigenvalue weighted by Gasteiger charge is 2.36. The van der Waals surface area contributed by atoms with E-state index in [1.807, 2.05) is 6.92 Å². The number of rotatable bonds is 5. The van der Waals surface area contributed by atoms with E-state index < -0.39 is 0 Å². The number of hydrogen-bond acceptors (Lipinski definition) is 5. The molecule has 1 unspecified atom stereocenters. The van der Waals surface area contributed by atoms with Gasteiger partial charge in [0.05, 0.1) is 18.3 Å². The zero-order chi connectivity index (χ0) is 17.1. The molecule has 1 saturated heterocycles. The molecule has 7 heteroatoms. The molecule has 0 spiro atoms. The Bertz CT molecular complexity index is 598. The SMILES string of the molecule is CCOc1ncc(C(=O)N[C@@H]2CCC[C@@H]2N2CCC(O)C2)cc1Cl. The van der Waals surface area contributed by atoms with E-state index in [0.717, 1.165) is 32.2 Å². The van der Waals surface area contributed by atoms with Crippen LogP contribution in [0.15, 0.2) is 12.3 Å². The Morgan fingerprint density at radius 2 is 2.33 bits per heavy atom. The third kappa shape index (κ3) is 3.82. The summed E-state index contributed by atoms with van der Waals surface area (Å²) >= 11 is 6.11. The number of carbonyl (C=O) groups is 1. The van der Waals surface area contributed by atoms with Gasteiger partial charge in [-0.1, -0.05) is 11.6 Å². The molecule has 2 aliphatic rings. The third-order valence-electron chi connectivity index (χ3n) is 4.81. The molecule has 1 amide bonds. The Hall–Kier alpha value is -1.37. The van der Waals surface area contributed by atoms with Crippen LogP contribution in [0.1, 0.15) is 43.0 Å². The number of β-amino-alcohol motifs (C(OH)–C–C–N with tert-alkyl or cyclic N) is 1. The quantitative estimate of drug-likeness (QED) is 0.845. The maximum Gasteiger partial charge on any atom is 0.253 e. The normalized spacial score (nSPS) is 27.4. The molecule has 1 saturated carbocycles. The Morgan fingerprint density at radius 3 is 3.00 bits per heavy atom. The second-order valence-corrected chi connectivity index (χ2v) is 6.87. The van der Waals surface area contributed by atoms with Gasteiger partial charge in [0.1, 0.15) is 5.02 Å². The topological polar surface area (TPSA) is 74.7 Å². The number of aliphatic hydroxyl groups is 1. The van der Waals surface area contributed by atoms with Gasteiger partial charge in [0.25, 0.3) is 5.91 Å². The number of halogens is 1. The predicted octanol–water partition coefficient (Wildman–Crippen LogP) is 1.85. The van der Waals surface area contributed by atoms with Gasteiger partial charge < -0.3 is 15.2 Å². The molecule has 3 atom stereocenters. The van der Waals surface area contributed by atoms with Crippen molar-refractivity contribution < 1.29 is 14.6 Å². The minimum atomic E-state index is -0.240. The van der Waals surface area contributed by atoms with Crippen LogP contribution in [0.5, 0.6) is 5.88 Å². The van der Waals surface area contributed by atoms with Crippen molar-refractivity contribution in [3.63, 3.8) is 0 Å². The summed E-state index contributed by atoms with van der Waals surface area (Å²) in [6.45, 7) is 3.93. The summed E-state index contributed by atoms with van der Waals surface area (Å²) in [5.41, 5.74) is 0.440. The standard InChI is InChI=1S/C17H24ClN3O3/c1-2-24-17-13(18)8-11(9-19-17)16(23)20-14-4-3-5-15(14)21-7-6-12(22)10-21/h8-9,12,14-15,22H,2-7,10H2,1H3,(H,20,23)/t12?,14-,15+/m1/s1. The van der Waals surface area contributed by atoms with E-state index in [1.165, 1.54) is 6.20 Å². The van der Waals surface area contributed by atoms with Crippen molar-refractivity contribution in [3.05, 3.63) is 22.8 Å². The Kier molecular flexibility index (Phi) is 5.58. The molecule has 2 heterocycles. The monoisotopic (exact) mass is 353 g/mol. The van der Waals surface area contributed by atoms with Gasteiger partial charge in [-0.05, 0) is 38.7 Å². The fourth-order valence-corrected chi connectivity index (χ4v) is 3.88. The van der Waals surface area contributed by atoms with Gasteiger partial charge in [0, 0.05) is 31.4 Å². The number of hydrogen-bond donors (Lipinski definition) is 2. The molecule has 132 valence electrons. The number of nitrogens with zero attached hydrogens (tertiary/aromatic N) is 2. The van der Waals surface area contributed by atoms with Gasteiger partial charge in [0.15, 0.2) is 0 Å². The van der Waals surface area contributed by atoms with E-state index in [9.17, 15) is 9.90 Å².